The van der Waals surface area contributed by atoms with Gasteiger partial charge < -0.3 is 0 Å². The zero-order chi connectivity index (χ0) is 11.6. The van der Waals surface area contributed by atoms with Gasteiger partial charge in [0.05, 0.1) is 10.6 Å². The molecule has 0 saturated heterocycles. The first-order valence-corrected chi connectivity index (χ1v) is 5.48. The van der Waals surface area contributed by atoms with Crippen LogP contribution in [0, 0.1) is 0 Å². The van der Waals surface area contributed by atoms with Gasteiger partial charge in [0.1, 0.15) is 0 Å². The largest absolute Gasteiger partial charge is 0.416 e. The number of rotatable bonds is 2. The van der Waals surface area contributed by atoms with Crippen LogP contribution in [0.3, 0.4) is 0 Å². The molecule has 1 heterocycles. The fourth-order valence-corrected chi connectivity index (χ4v) is 1.98. The van der Waals surface area contributed by atoms with Crippen LogP contribution < -0.4 is 0 Å². The lowest BCUT2D eigenvalue weighted by molar-refractivity contribution is -0.137. The highest BCUT2D eigenvalue weighted by molar-refractivity contribution is 7.09. The van der Waals surface area contributed by atoms with Gasteiger partial charge in [-0.05, 0) is 17.7 Å². The van der Waals surface area contributed by atoms with Crippen LogP contribution in [0.1, 0.15) is 16.1 Å². The van der Waals surface area contributed by atoms with Crippen molar-refractivity contribution in [3.8, 4) is 0 Å². The van der Waals surface area contributed by atoms with Gasteiger partial charge in [-0.2, -0.15) is 13.2 Å². The average Bonchev–Trinajstić information content (AvgIpc) is 2.70. The Bertz CT molecular complexity index is 445. The highest BCUT2D eigenvalue weighted by Gasteiger charge is 2.29. The van der Waals surface area contributed by atoms with E-state index in [4.69, 9.17) is 0 Å². The van der Waals surface area contributed by atoms with Crippen molar-refractivity contribution in [2.24, 2.45) is 0 Å². The molecule has 0 saturated carbocycles. The molecule has 16 heavy (non-hydrogen) atoms. The van der Waals surface area contributed by atoms with Crippen LogP contribution in [-0.2, 0) is 12.6 Å². The molecule has 0 N–H and O–H groups in total. The molecule has 1 aromatic carbocycles. The van der Waals surface area contributed by atoms with Gasteiger partial charge in [0.15, 0.2) is 0 Å². The minimum absolute atomic E-state index is 0.579. The van der Waals surface area contributed by atoms with Gasteiger partial charge in [-0.1, -0.05) is 12.1 Å². The topological polar surface area (TPSA) is 12.9 Å². The number of nitrogens with zero attached hydrogens (tertiary/aromatic N) is 1. The molecule has 2 rings (SSSR count). The van der Waals surface area contributed by atoms with Crippen LogP contribution in [-0.4, -0.2) is 4.98 Å². The van der Waals surface area contributed by atoms with Crippen molar-refractivity contribution < 1.29 is 13.2 Å². The zero-order valence-corrected chi connectivity index (χ0v) is 8.98. The molecule has 1 aromatic heterocycles. The van der Waals surface area contributed by atoms with E-state index < -0.39 is 11.7 Å². The van der Waals surface area contributed by atoms with Crippen LogP contribution in [0.2, 0.25) is 0 Å². The van der Waals surface area contributed by atoms with E-state index >= 15 is 0 Å². The fraction of sp³-hybridized carbons (Fsp3) is 0.182. The average molecular weight is 243 g/mol. The predicted molar refractivity (Wildman–Crippen MR) is 56.4 cm³/mol. The summed E-state index contributed by atoms with van der Waals surface area (Å²) in [5.74, 6) is 0. The van der Waals surface area contributed by atoms with E-state index in [-0.39, 0.29) is 0 Å². The van der Waals surface area contributed by atoms with Crippen molar-refractivity contribution in [2.75, 3.05) is 0 Å². The second kappa shape index (κ2) is 4.25. The number of aromatic nitrogens is 1. The van der Waals surface area contributed by atoms with E-state index in [9.17, 15) is 13.2 Å². The summed E-state index contributed by atoms with van der Waals surface area (Å²) < 4.78 is 36.9. The summed E-state index contributed by atoms with van der Waals surface area (Å²) in [6, 6.07) is 5.18. The van der Waals surface area contributed by atoms with Gasteiger partial charge in [-0.3, -0.25) is 0 Å². The maximum absolute atomic E-state index is 12.3. The highest BCUT2D eigenvalue weighted by Crippen LogP contribution is 2.29. The lowest BCUT2D eigenvalue weighted by Crippen LogP contribution is -2.04. The third kappa shape index (κ3) is 2.61. The van der Waals surface area contributed by atoms with Crippen LogP contribution in [0.15, 0.2) is 35.8 Å². The molecule has 0 atom stereocenters. The fourth-order valence-electron chi connectivity index (χ4n) is 1.33. The molecule has 0 bridgehead atoms. The molecule has 84 valence electrons. The monoisotopic (exact) mass is 243 g/mol. The predicted octanol–water partition coefficient (Wildman–Crippen LogP) is 3.75. The van der Waals surface area contributed by atoms with Crippen LogP contribution in [0.25, 0.3) is 0 Å². The van der Waals surface area contributed by atoms with Crippen LogP contribution in [0.5, 0.6) is 0 Å². The molecular weight excluding hydrogens is 235 g/mol. The Morgan fingerprint density at radius 2 is 1.81 bits per heavy atom. The lowest BCUT2D eigenvalue weighted by Gasteiger charge is -2.06. The van der Waals surface area contributed by atoms with E-state index in [2.05, 4.69) is 4.98 Å². The van der Waals surface area contributed by atoms with Gasteiger partial charge in [0, 0.05) is 18.0 Å². The summed E-state index contributed by atoms with van der Waals surface area (Å²) in [5.41, 5.74) is 0.221. The minimum atomic E-state index is -4.26. The van der Waals surface area contributed by atoms with Gasteiger partial charge in [0.2, 0.25) is 0 Å². The minimum Gasteiger partial charge on any atom is -0.249 e. The normalized spacial score (nSPS) is 11.7. The van der Waals surface area contributed by atoms with E-state index in [1.54, 1.807) is 6.20 Å². The van der Waals surface area contributed by atoms with Gasteiger partial charge >= 0.3 is 6.18 Å². The van der Waals surface area contributed by atoms with E-state index in [1.807, 2.05) is 5.38 Å². The Morgan fingerprint density at radius 1 is 1.12 bits per heavy atom. The molecular formula is C11H8F3NS. The summed E-state index contributed by atoms with van der Waals surface area (Å²) in [6.07, 6.45) is -2.00. The molecule has 0 radical (unpaired) electrons. The standard InChI is InChI=1S/C11H8F3NS/c12-11(13,14)9-3-1-8(2-4-9)7-10-15-5-6-16-10/h1-6H,7H2. The number of hydrogen-bond donors (Lipinski definition) is 0. The molecule has 5 heteroatoms. The first-order valence-electron chi connectivity index (χ1n) is 4.60. The first kappa shape index (κ1) is 11.1. The number of halogens is 3. The summed E-state index contributed by atoms with van der Waals surface area (Å²) in [5, 5.41) is 2.75. The van der Waals surface area contributed by atoms with E-state index in [0.717, 1.165) is 22.7 Å². The Morgan fingerprint density at radius 3 is 2.31 bits per heavy atom. The molecule has 0 amide bonds. The lowest BCUT2D eigenvalue weighted by atomic mass is 10.1. The van der Waals surface area contributed by atoms with Crippen molar-refractivity contribution in [1.29, 1.82) is 0 Å². The maximum Gasteiger partial charge on any atom is 0.416 e. The number of thiazole rings is 1. The highest BCUT2D eigenvalue weighted by atomic mass is 32.1. The second-order valence-electron chi connectivity index (χ2n) is 3.30. The Kier molecular flexibility index (Phi) is 2.96. The van der Waals surface area contributed by atoms with Crippen molar-refractivity contribution in [3.63, 3.8) is 0 Å². The molecule has 0 aliphatic heterocycles. The molecule has 0 spiro atoms. The Labute approximate surface area is 94.6 Å². The third-order valence-corrected chi connectivity index (χ3v) is 2.90. The molecule has 0 fully saturated rings. The Balaban J connectivity index is 2.14. The number of benzene rings is 1. The maximum atomic E-state index is 12.3. The number of hydrogen-bond acceptors (Lipinski definition) is 2. The van der Waals surface area contributed by atoms with Crippen molar-refractivity contribution in [1.82, 2.24) is 4.98 Å². The Hall–Kier alpha value is -1.36. The molecule has 0 aliphatic rings. The van der Waals surface area contributed by atoms with Gasteiger partial charge in [-0.15, -0.1) is 11.3 Å². The SMILES string of the molecule is FC(F)(F)c1ccc(Cc2nccs2)cc1. The van der Waals surface area contributed by atoms with Crippen molar-refractivity contribution in [3.05, 3.63) is 52.0 Å². The third-order valence-electron chi connectivity index (χ3n) is 2.12. The van der Waals surface area contributed by atoms with E-state index in [0.29, 0.717) is 6.42 Å². The summed E-state index contributed by atoms with van der Waals surface area (Å²) in [7, 11) is 0. The van der Waals surface area contributed by atoms with Crippen LogP contribution in [0.4, 0.5) is 13.2 Å². The van der Waals surface area contributed by atoms with Gasteiger partial charge in [-0.25, -0.2) is 4.98 Å². The number of alkyl halides is 3. The van der Waals surface area contributed by atoms with Crippen molar-refractivity contribution in [2.45, 2.75) is 12.6 Å². The summed E-state index contributed by atoms with van der Waals surface area (Å²) >= 11 is 1.49. The second-order valence-corrected chi connectivity index (χ2v) is 4.28. The van der Waals surface area contributed by atoms with Crippen molar-refractivity contribution >= 4 is 11.3 Å². The zero-order valence-electron chi connectivity index (χ0n) is 8.16. The molecule has 2 aromatic rings. The molecule has 1 nitrogen and oxygen atoms in total. The quantitative estimate of drug-likeness (QED) is 0.782. The summed E-state index contributed by atoms with van der Waals surface area (Å²) in [4.78, 5) is 4.08. The summed E-state index contributed by atoms with van der Waals surface area (Å²) in [6.45, 7) is 0. The van der Waals surface area contributed by atoms with Crippen LogP contribution >= 0.6 is 11.3 Å². The first-order chi connectivity index (χ1) is 7.55. The van der Waals surface area contributed by atoms with E-state index in [1.165, 1.54) is 23.5 Å². The molecule has 0 aliphatic carbocycles. The molecule has 0 unspecified atom stereocenters. The van der Waals surface area contributed by atoms with Gasteiger partial charge in [0.25, 0.3) is 0 Å². The smallest absolute Gasteiger partial charge is 0.249 e.